The van der Waals surface area contributed by atoms with Gasteiger partial charge in [-0.25, -0.2) is 0 Å². The van der Waals surface area contributed by atoms with Crippen LogP contribution in [0.2, 0.25) is 5.02 Å². The fourth-order valence-corrected chi connectivity index (χ4v) is 6.72. The summed E-state index contributed by atoms with van der Waals surface area (Å²) in [7, 11) is 0. The Hall–Kier alpha value is -2.54. The predicted octanol–water partition coefficient (Wildman–Crippen LogP) is 6.80. The molecule has 34 heavy (non-hydrogen) atoms. The number of carbonyl (C=O) groups is 2. The fourth-order valence-electron chi connectivity index (χ4n) is 6.55. The van der Waals surface area contributed by atoms with Gasteiger partial charge in [0.1, 0.15) is 0 Å². The van der Waals surface area contributed by atoms with Gasteiger partial charge in [0.15, 0.2) is 0 Å². The fraction of sp³-hybridized carbons (Fsp3) is 0.462. The summed E-state index contributed by atoms with van der Waals surface area (Å²) in [6.07, 6.45) is -0.364. The summed E-state index contributed by atoms with van der Waals surface area (Å²) in [6, 6.07) is 11.5. The second-order valence-corrected chi connectivity index (χ2v) is 10.5. The first kappa shape index (κ1) is 23.2. The average Bonchev–Trinajstić information content (AvgIpc) is 2.77. The first-order valence-electron chi connectivity index (χ1n) is 11.6. The van der Waals surface area contributed by atoms with Crippen LogP contribution in [0.5, 0.6) is 0 Å². The summed E-state index contributed by atoms with van der Waals surface area (Å²) in [5.74, 6) is 0.267. The molecule has 0 aromatic heterocycles. The van der Waals surface area contributed by atoms with E-state index in [1.54, 1.807) is 30.3 Å². The first-order chi connectivity index (χ1) is 16.1. The van der Waals surface area contributed by atoms with E-state index < -0.39 is 40.8 Å². The molecule has 2 aromatic rings. The molecule has 0 saturated heterocycles. The zero-order valence-electron chi connectivity index (χ0n) is 18.4. The summed E-state index contributed by atoms with van der Waals surface area (Å²) in [6.45, 7) is 0. The lowest BCUT2D eigenvalue weighted by atomic mass is 9.49. The molecular formula is C26H25ClF3NO3. The van der Waals surface area contributed by atoms with Gasteiger partial charge in [0.2, 0.25) is 6.10 Å². The third-order valence-electron chi connectivity index (χ3n) is 7.58. The van der Waals surface area contributed by atoms with E-state index in [-0.39, 0.29) is 5.02 Å². The summed E-state index contributed by atoms with van der Waals surface area (Å²) in [5.41, 5.74) is -1.69. The topological polar surface area (TPSA) is 55.4 Å². The quantitative estimate of drug-likeness (QED) is 0.468. The van der Waals surface area contributed by atoms with Crippen molar-refractivity contribution in [1.82, 2.24) is 0 Å². The highest BCUT2D eigenvalue weighted by Gasteiger charge is 2.56. The number of anilines is 1. The number of benzene rings is 2. The van der Waals surface area contributed by atoms with Gasteiger partial charge in [-0.2, -0.15) is 13.2 Å². The van der Waals surface area contributed by atoms with Crippen molar-refractivity contribution in [2.45, 2.75) is 50.8 Å². The molecule has 1 N–H and O–H groups in total. The third kappa shape index (κ3) is 4.42. The summed E-state index contributed by atoms with van der Waals surface area (Å²) in [5, 5.41) is 2.23. The van der Waals surface area contributed by atoms with E-state index in [2.05, 4.69) is 5.32 Å². The number of hydrogen-bond donors (Lipinski definition) is 1. The van der Waals surface area contributed by atoms with Gasteiger partial charge >= 0.3 is 12.1 Å². The van der Waals surface area contributed by atoms with Crippen molar-refractivity contribution in [2.75, 3.05) is 5.32 Å². The Morgan fingerprint density at radius 3 is 2.12 bits per heavy atom. The molecule has 1 amide bonds. The summed E-state index contributed by atoms with van der Waals surface area (Å²) >= 11 is 5.75. The lowest BCUT2D eigenvalue weighted by molar-refractivity contribution is -0.179. The van der Waals surface area contributed by atoms with Crippen LogP contribution in [-0.4, -0.2) is 11.9 Å². The largest absolute Gasteiger partial charge is 0.447 e. The average molecular weight is 492 g/mol. The maximum Gasteiger partial charge on any atom is 0.418 e. The molecule has 4 aliphatic carbocycles. The zero-order chi connectivity index (χ0) is 24.1. The van der Waals surface area contributed by atoms with Crippen LogP contribution in [0.4, 0.5) is 18.9 Å². The van der Waals surface area contributed by atoms with Crippen molar-refractivity contribution in [1.29, 1.82) is 0 Å². The number of ether oxygens (including phenoxy) is 1. The Morgan fingerprint density at radius 1 is 0.971 bits per heavy atom. The Bertz CT molecular complexity index is 1070. The number of carbonyl (C=O) groups excluding carboxylic acids is 2. The Morgan fingerprint density at radius 2 is 1.56 bits per heavy atom. The highest BCUT2D eigenvalue weighted by molar-refractivity contribution is 6.30. The molecule has 4 bridgehead atoms. The van der Waals surface area contributed by atoms with E-state index in [0.29, 0.717) is 23.3 Å². The number of hydrogen-bond acceptors (Lipinski definition) is 3. The van der Waals surface area contributed by atoms with Crippen LogP contribution >= 0.6 is 11.6 Å². The maximum atomic E-state index is 13.5. The van der Waals surface area contributed by atoms with Crippen LogP contribution in [0.15, 0.2) is 48.5 Å². The van der Waals surface area contributed by atoms with Crippen molar-refractivity contribution in [3.63, 3.8) is 0 Å². The molecule has 4 fully saturated rings. The van der Waals surface area contributed by atoms with Gasteiger partial charge in [-0.15, -0.1) is 0 Å². The molecule has 4 saturated carbocycles. The van der Waals surface area contributed by atoms with E-state index in [1.165, 1.54) is 6.07 Å². The molecule has 1 atom stereocenters. The smallest absolute Gasteiger partial charge is 0.418 e. The van der Waals surface area contributed by atoms with Crippen LogP contribution in [0.1, 0.15) is 55.8 Å². The summed E-state index contributed by atoms with van der Waals surface area (Å²) in [4.78, 5) is 26.8. The van der Waals surface area contributed by atoms with Crippen LogP contribution in [0.3, 0.4) is 0 Å². The van der Waals surface area contributed by atoms with Crippen molar-refractivity contribution in [3.8, 4) is 0 Å². The Balaban J connectivity index is 1.42. The number of rotatable bonds is 5. The van der Waals surface area contributed by atoms with Crippen LogP contribution in [-0.2, 0) is 20.5 Å². The number of esters is 1. The van der Waals surface area contributed by atoms with Crippen LogP contribution < -0.4 is 5.32 Å². The minimum absolute atomic E-state index is 0.0989. The second-order valence-electron chi connectivity index (χ2n) is 10.1. The second kappa shape index (κ2) is 8.59. The molecule has 4 aliphatic rings. The first-order valence-corrected chi connectivity index (χ1v) is 11.9. The van der Waals surface area contributed by atoms with Crippen molar-refractivity contribution in [2.24, 2.45) is 23.2 Å². The van der Waals surface area contributed by atoms with Crippen LogP contribution in [0.25, 0.3) is 0 Å². The van der Waals surface area contributed by atoms with E-state index in [0.717, 1.165) is 50.7 Å². The number of amides is 1. The SMILES string of the molecule is O=C(Nc1ccc(Cl)cc1C(F)(F)F)C(OC(=O)C12CC3CC(CC(C3)C1)C2)c1ccccc1. The molecule has 0 spiro atoms. The molecule has 0 heterocycles. The molecule has 4 nitrogen and oxygen atoms in total. The standard InChI is InChI=1S/C26H25ClF3NO3/c27-19-6-7-21(20(11-19)26(28,29)30)31-23(32)22(18-4-2-1-3-5-18)34-24(33)25-12-15-8-16(13-25)10-17(9-15)14-25/h1-7,11,15-17,22H,8-10,12-14H2,(H,31,32). The molecule has 1 unspecified atom stereocenters. The molecule has 6 rings (SSSR count). The normalized spacial score (nSPS) is 28.4. The van der Waals surface area contributed by atoms with Gasteiger partial charge in [0.25, 0.3) is 5.91 Å². The molecule has 0 radical (unpaired) electrons. The van der Waals surface area contributed by atoms with Crippen LogP contribution in [0, 0.1) is 23.2 Å². The predicted molar refractivity (Wildman–Crippen MR) is 121 cm³/mol. The van der Waals surface area contributed by atoms with E-state index in [1.807, 2.05) is 0 Å². The molecule has 180 valence electrons. The van der Waals surface area contributed by atoms with E-state index in [4.69, 9.17) is 16.3 Å². The van der Waals surface area contributed by atoms with Gasteiger partial charge in [-0.05, 0) is 74.5 Å². The number of alkyl halides is 3. The summed E-state index contributed by atoms with van der Waals surface area (Å²) < 4.78 is 46.5. The highest BCUT2D eigenvalue weighted by Crippen LogP contribution is 2.60. The lowest BCUT2D eigenvalue weighted by Crippen LogP contribution is -2.51. The lowest BCUT2D eigenvalue weighted by Gasteiger charge is -2.55. The monoisotopic (exact) mass is 491 g/mol. The van der Waals surface area contributed by atoms with Gasteiger partial charge in [-0.3, -0.25) is 9.59 Å². The Kier molecular flexibility index (Phi) is 5.87. The van der Waals surface area contributed by atoms with Gasteiger partial charge in [0, 0.05) is 10.6 Å². The Labute approximate surface area is 200 Å². The highest BCUT2D eigenvalue weighted by atomic mass is 35.5. The van der Waals surface area contributed by atoms with Crippen molar-refractivity contribution >= 4 is 29.2 Å². The molecule has 2 aromatic carbocycles. The number of nitrogens with one attached hydrogen (secondary N) is 1. The zero-order valence-corrected chi connectivity index (χ0v) is 19.2. The maximum absolute atomic E-state index is 13.5. The van der Waals surface area contributed by atoms with Gasteiger partial charge < -0.3 is 10.1 Å². The minimum atomic E-state index is -4.72. The van der Waals surface area contributed by atoms with Gasteiger partial charge in [-0.1, -0.05) is 41.9 Å². The van der Waals surface area contributed by atoms with Crippen molar-refractivity contribution < 1.29 is 27.5 Å². The van der Waals surface area contributed by atoms with E-state index in [9.17, 15) is 22.8 Å². The number of halogens is 4. The molecular weight excluding hydrogens is 467 g/mol. The van der Waals surface area contributed by atoms with Gasteiger partial charge in [0.05, 0.1) is 16.7 Å². The molecule has 0 aliphatic heterocycles. The third-order valence-corrected chi connectivity index (χ3v) is 7.82. The van der Waals surface area contributed by atoms with E-state index >= 15 is 0 Å². The van der Waals surface area contributed by atoms with Crippen molar-refractivity contribution in [3.05, 3.63) is 64.7 Å². The minimum Gasteiger partial charge on any atom is -0.447 e. The molecule has 8 heteroatoms.